The molecule has 0 unspecified atom stereocenters. The molecule has 0 aliphatic rings. The van der Waals surface area contributed by atoms with Crippen LogP contribution in [0.15, 0.2) is 51.5 Å². The van der Waals surface area contributed by atoms with E-state index in [9.17, 15) is 22.7 Å². The summed E-state index contributed by atoms with van der Waals surface area (Å²) in [6.07, 6.45) is 0. The van der Waals surface area contributed by atoms with Gasteiger partial charge < -0.3 is 14.8 Å². The number of nitrogens with one attached hydrogen (secondary N) is 2. The molecule has 2 aromatic heterocycles. The van der Waals surface area contributed by atoms with Crippen LogP contribution in [0.1, 0.15) is 0 Å². The second-order valence-corrected chi connectivity index (χ2v) is 9.19. The number of hydrogen-bond acceptors (Lipinski definition) is 6. The Bertz CT molecular complexity index is 1430. The predicted octanol–water partition coefficient (Wildman–Crippen LogP) is 3.18. The van der Waals surface area contributed by atoms with E-state index in [0.29, 0.717) is 26.6 Å². The van der Waals surface area contributed by atoms with E-state index in [0.717, 1.165) is 12.1 Å². The number of aromatic hydroxyl groups is 1. The predicted molar refractivity (Wildman–Crippen MR) is 114 cm³/mol. The van der Waals surface area contributed by atoms with Crippen LogP contribution in [-0.2, 0) is 14.8 Å². The zero-order valence-electron chi connectivity index (χ0n) is 15.7. The fourth-order valence-corrected chi connectivity index (χ4v) is 5.22. The summed E-state index contributed by atoms with van der Waals surface area (Å²) < 4.78 is 47.0. The summed E-state index contributed by atoms with van der Waals surface area (Å²) in [6, 6.07) is 8.36. The van der Waals surface area contributed by atoms with E-state index in [1.807, 2.05) is 0 Å². The lowest BCUT2D eigenvalue weighted by molar-refractivity contribution is 0.204. The van der Waals surface area contributed by atoms with Gasteiger partial charge in [-0.2, -0.15) is 0 Å². The third-order valence-corrected chi connectivity index (χ3v) is 7.09. The number of phenols is 1. The Morgan fingerprint density at radius 3 is 2.77 bits per heavy atom. The molecule has 156 valence electrons. The van der Waals surface area contributed by atoms with E-state index in [1.54, 1.807) is 17.5 Å². The summed E-state index contributed by atoms with van der Waals surface area (Å²) in [7, 11) is -2.63. The Hall–Kier alpha value is -2.79. The van der Waals surface area contributed by atoms with Crippen LogP contribution in [0.2, 0.25) is 0 Å². The first-order valence-electron chi connectivity index (χ1n) is 8.87. The van der Waals surface area contributed by atoms with E-state index in [1.165, 1.54) is 30.6 Å². The second-order valence-electron chi connectivity index (χ2n) is 6.54. The highest BCUT2D eigenvalue weighted by atomic mass is 32.2. The van der Waals surface area contributed by atoms with Crippen LogP contribution in [0.3, 0.4) is 0 Å². The lowest BCUT2D eigenvalue weighted by Gasteiger charge is -2.13. The van der Waals surface area contributed by atoms with Crippen LogP contribution in [0.4, 0.5) is 4.39 Å². The molecule has 7 nitrogen and oxygen atoms in total. The van der Waals surface area contributed by atoms with Crippen molar-refractivity contribution < 1.29 is 22.7 Å². The van der Waals surface area contributed by atoms with Crippen molar-refractivity contribution in [3.05, 3.63) is 57.9 Å². The maximum absolute atomic E-state index is 14.8. The normalized spacial score (nSPS) is 12.1. The molecule has 0 spiro atoms. The van der Waals surface area contributed by atoms with Crippen LogP contribution >= 0.6 is 11.3 Å². The standard InChI is InChI=1S/C20H17FN2O5S2/c1-28-8-7-22-30(26,27)16-5-2-11(10-13(16)21)17-15(24)4-3-14-18(17)12-6-9-29-19(12)20(25)23-14/h2-6,9-10,22,24H,7-8H2,1H3,(H,23,25). The van der Waals surface area contributed by atoms with Crippen LogP contribution < -0.4 is 10.3 Å². The summed E-state index contributed by atoms with van der Waals surface area (Å²) in [5.74, 6) is -1.07. The number of H-pyrrole nitrogens is 1. The van der Waals surface area contributed by atoms with Crippen molar-refractivity contribution in [2.75, 3.05) is 20.3 Å². The molecule has 0 radical (unpaired) electrons. The third-order valence-electron chi connectivity index (χ3n) is 4.68. The van der Waals surface area contributed by atoms with Crippen molar-refractivity contribution in [3.63, 3.8) is 0 Å². The molecule has 3 N–H and O–H groups in total. The van der Waals surface area contributed by atoms with Crippen molar-refractivity contribution in [3.8, 4) is 16.9 Å². The topological polar surface area (TPSA) is 108 Å². The summed E-state index contributed by atoms with van der Waals surface area (Å²) in [6.45, 7) is 0.158. The summed E-state index contributed by atoms with van der Waals surface area (Å²) in [5.41, 5.74) is 0.823. The van der Waals surface area contributed by atoms with Crippen LogP contribution in [0, 0.1) is 5.82 Å². The first-order chi connectivity index (χ1) is 14.3. The molecule has 0 saturated heterocycles. The second kappa shape index (κ2) is 7.80. The summed E-state index contributed by atoms with van der Waals surface area (Å²) in [4.78, 5) is 14.5. The van der Waals surface area contributed by atoms with E-state index in [4.69, 9.17) is 4.74 Å². The molecule has 10 heteroatoms. The van der Waals surface area contributed by atoms with Gasteiger partial charge in [-0.15, -0.1) is 11.3 Å². The minimum Gasteiger partial charge on any atom is -0.507 e. The average Bonchev–Trinajstić information content (AvgIpc) is 3.19. The van der Waals surface area contributed by atoms with Gasteiger partial charge in [0.25, 0.3) is 5.56 Å². The summed E-state index contributed by atoms with van der Waals surface area (Å²) in [5, 5.41) is 13.5. The van der Waals surface area contributed by atoms with Crippen LogP contribution in [0.25, 0.3) is 32.1 Å². The fraction of sp³-hybridized carbons (Fsp3) is 0.150. The van der Waals surface area contributed by atoms with Crippen molar-refractivity contribution in [2.45, 2.75) is 4.90 Å². The Morgan fingerprint density at radius 1 is 1.23 bits per heavy atom. The molecule has 0 aliphatic carbocycles. The van der Waals surface area contributed by atoms with Crippen molar-refractivity contribution in [1.82, 2.24) is 9.71 Å². The Kier molecular flexibility index (Phi) is 5.33. The number of sulfonamides is 1. The first kappa shape index (κ1) is 20.5. The number of halogens is 1. The largest absolute Gasteiger partial charge is 0.507 e. The highest BCUT2D eigenvalue weighted by Gasteiger charge is 2.21. The Labute approximate surface area is 174 Å². The molecule has 0 saturated carbocycles. The zero-order valence-corrected chi connectivity index (χ0v) is 17.4. The average molecular weight is 448 g/mol. The van der Waals surface area contributed by atoms with E-state index in [-0.39, 0.29) is 30.0 Å². The number of aromatic amines is 1. The molecule has 4 aromatic rings. The van der Waals surface area contributed by atoms with Gasteiger partial charge in [-0.05, 0) is 41.3 Å². The third kappa shape index (κ3) is 3.47. The molecule has 0 aliphatic heterocycles. The minimum atomic E-state index is -4.06. The number of pyridine rings is 1. The fourth-order valence-electron chi connectivity index (χ4n) is 3.36. The van der Waals surface area contributed by atoms with Crippen molar-refractivity contribution in [1.29, 1.82) is 0 Å². The van der Waals surface area contributed by atoms with Gasteiger partial charge in [0.1, 0.15) is 21.2 Å². The molecule has 0 bridgehead atoms. The molecule has 4 rings (SSSR count). The highest BCUT2D eigenvalue weighted by molar-refractivity contribution is 7.89. The van der Waals surface area contributed by atoms with Gasteiger partial charge in [-0.1, -0.05) is 6.07 Å². The SMILES string of the molecule is COCCNS(=O)(=O)c1ccc(-c2c(O)ccc3[nH]c(=O)c4sccc4c23)cc1F. The lowest BCUT2D eigenvalue weighted by Crippen LogP contribution is -2.27. The Balaban J connectivity index is 1.90. The number of fused-ring (bicyclic) bond motifs is 3. The smallest absolute Gasteiger partial charge is 0.266 e. The van der Waals surface area contributed by atoms with E-state index in [2.05, 4.69) is 9.71 Å². The highest BCUT2D eigenvalue weighted by Crippen LogP contribution is 2.40. The van der Waals surface area contributed by atoms with Gasteiger partial charge in [0.05, 0.1) is 6.61 Å². The van der Waals surface area contributed by atoms with Crippen LogP contribution in [-0.4, -0.2) is 38.8 Å². The maximum Gasteiger partial charge on any atom is 0.266 e. The van der Waals surface area contributed by atoms with Gasteiger partial charge >= 0.3 is 0 Å². The number of aromatic nitrogens is 1. The van der Waals surface area contributed by atoms with Gasteiger partial charge in [0.15, 0.2) is 0 Å². The molecule has 30 heavy (non-hydrogen) atoms. The van der Waals surface area contributed by atoms with Crippen molar-refractivity contribution >= 4 is 42.3 Å². The number of ether oxygens (including phenoxy) is 1. The molecule has 0 fully saturated rings. The van der Waals surface area contributed by atoms with Crippen molar-refractivity contribution in [2.24, 2.45) is 0 Å². The number of thiophene rings is 1. The van der Waals surface area contributed by atoms with Gasteiger partial charge in [0, 0.05) is 35.5 Å². The van der Waals surface area contributed by atoms with E-state index >= 15 is 0 Å². The summed E-state index contributed by atoms with van der Waals surface area (Å²) >= 11 is 1.26. The molecule has 0 amide bonds. The maximum atomic E-state index is 14.8. The molecule has 0 atom stereocenters. The Morgan fingerprint density at radius 2 is 2.03 bits per heavy atom. The number of phenolic OH excluding ortho intramolecular Hbond substituents is 1. The monoisotopic (exact) mass is 448 g/mol. The first-order valence-corrected chi connectivity index (χ1v) is 11.2. The quantitative estimate of drug-likeness (QED) is 0.393. The van der Waals surface area contributed by atoms with Gasteiger partial charge in [0.2, 0.25) is 10.0 Å². The zero-order chi connectivity index (χ0) is 21.5. The lowest BCUT2D eigenvalue weighted by atomic mass is 9.97. The number of methoxy groups -OCH3 is 1. The number of benzene rings is 2. The number of hydrogen-bond donors (Lipinski definition) is 3. The molecule has 2 aromatic carbocycles. The minimum absolute atomic E-state index is 0.00758. The van der Waals surface area contributed by atoms with Gasteiger partial charge in [-0.25, -0.2) is 17.5 Å². The molecular formula is C20H17FN2O5S2. The van der Waals surface area contributed by atoms with E-state index < -0.39 is 20.7 Å². The molecule has 2 heterocycles. The molecular weight excluding hydrogens is 431 g/mol. The number of rotatable bonds is 6. The van der Waals surface area contributed by atoms with Gasteiger partial charge in [-0.3, -0.25) is 4.79 Å². The van der Waals surface area contributed by atoms with Crippen LogP contribution in [0.5, 0.6) is 5.75 Å².